The fraction of sp³-hybridized carbons (Fsp3) is 0.222. The first-order chi connectivity index (χ1) is 6.36. The standard InChI is InChI=1S/C9H10N2O2/c1-12-8-3-4-11-6-10-5-7(11)9(8)13-2/h3-6H,1-2H3. The van der Waals surface area contributed by atoms with Crippen molar-refractivity contribution in [1.29, 1.82) is 0 Å². The number of imidazole rings is 1. The first-order valence-corrected chi connectivity index (χ1v) is 3.89. The van der Waals surface area contributed by atoms with Gasteiger partial charge in [0, 0.05) is 12.3 Å². The molecule has 0 saturated carbocycles. The Morgan fingerprint density at radius 3 is 2.85 bits per heavy atom. The van der Waals surface area contributed by atoms with Crippen molar-refractivity contribution in [2.45, 2.75) is 0 Å². The molecule has 2 rings (SSSR count). The van der Waals surface area contributed by atoms with E-state index in [0.29, 0.717) is 5.75 Å². The van der Waals surface area contributed by atoms with E-state index in [1.165, 1.54) is 0 Å². The molecule has 4 nitrogen and oxygen atoms in total. The van der Waals surface area contributed by atoms with Crippen molar-refractivity contribution in [2.75, 3.05) is 14.2 Å². The number of methoxy groups -OCH3 is 2. The topological polar surface area (TPSA) is 35.8 Å². The second-order valence-electron chi connectivity index (χ2n) is 2.60. The van der Waals surface area contributed by atoms with Crippen LogP contribution in [0.4, 0.5) is 0 Å². The molecule has 68 valence electrons. The minimum absolute atomic E-state index is 0.711. The van der Waals surface area contributed by atoms with Crippen LogP contribution in [-0.2, 0) is 0 Å². The van der Waals surface area contributed by atoms with E-state index in [1.54, 1.807) is 26.7 Å². The summed E-state index contributed by atoms with van der Waals surface area (Å²) < 4.78 is 12.2. The number of nitrogens with zero attached hydrogens (tertiary/aromatic N) is 2. The molecule has 13 heavy (non-hydrogen) atoms. The molecule has 0 aromatic carbocycles. The van der Waals surface area contributed by atoms with Crippen LogP contribution < -0.4 is 9.47 Å². The van der Waals surface area contributed by atoms with Gasteiger partial charge in [0.15, 0.2) is 11.5 Å². The molecular formula is C9H10N2O2. The second-order valence-corrected chi connectivity index (χ2v) is 2.60. The fourth-order valence-electron chi connectivity index (χ4n) is 1.32. The molecule has 4 heteroatoms. The molecule has 0 radical (unpaired) electrons. The maximum absolute atomic E-state index is 5.22. The van der Waals surface area contributed by atoms with Crippen LogP contribution in [0.3, 0.4) is 0 Å². The molecule has 0 amide bonds. The first kappa shape index (κ1) is 7.91. The van der Waals surface area contributed by atoms with Crippen molar-refractivity contribution in [3.8, 4) is 11.5 Å². The van der Waals surface area contributed by atoms with Crippen molar-refractivity contribution in [3.63, 3.8) is 0 Å². The van der Waals surface area contributed by atoms with Crippen molar-refractivity contribution in [1.82, 2.24) is 9.38 Å². The van der Waals surface area contributed by atoms with Gasteiger partial charge in [-0.15, -0.1) is 0 Å². The Bertz CT molecular complexity index is 422. The third-order valence-electron chi connectivity index (χ3n) is 1.93. The lowest BCUT2D eigenvalue weighted by molar-refractivity contribution is 0.357. The summed E-state index contributed by atoms with van der Waals surface area (Å²) >= 11 is 0. The first-order valence-electron chi connectivity index (χ1n) is 3.89. The molecular weight excluding hydrogens is 168 g/mol. The number of rotatable bonds is 2. The fourth-order valence-corrected chi connectivity index (χ4v) is 1.32. The van der Waals surface area contributed by atoms with E-state index in [4.69, 9.17) is 9.47 Å². The summed E-state index contributed by atoms with van der Waals surface area (Å²) in [6.07, 6.45) is 5.34. The molecule has 0 bridgehead atoms. The highest BCUT2D eigenvalue weighted by molar-refractivity contribution is 5.64. The second kappa shape index (κ2) is 2.97. The maximum Gasteiger partial charge on any atom is 0.186 e. The highest BCUT2D eigenvalue weighted by Crippen LogP contribution is 2.30. The van der Waals surface area contributed by atoms with E-state index in [2.05, 4.69) is 4.98 Å². The molecule has 0 unspecified atom stereocenters. The average Bonchev–Trinajstić information content (AvgIpc) is 2.63. The van der Waals surface area contributed by atoms with Crippen LogP contribution in [0.1, 0.15) is 0 Å². The van der Waals surface area contributed by atoms with Gasteiger partial charge in [0.1, 0.15) is 5.52 Å². The Labute approximate surface area is 75.7 Å². The summed E-state index contributed by atoms with van der Waals surface area (Å²) in [6.45, 7) is 0. The van der Waals surface area contributed by atoms with Crippen LogP contribution >= 0.6 is 0 Å². The Morgan fingerprint density at radius 1 is 1.31 bits per heavy atom. The summed E-state index contributed by atoms with van der Waals surface area (Å²) in [7, 11) is 3.23. The number of hydrogen-bond acceptors (Lipinski definition) is 3. The van der Waals surface area contributed by atoms with E-state index in [9.17, 15) is 0 Å². The van der Waals surface area contributed by atoms with E-state index in [-0.39, 0.29) is 0 Å². The molecule has 0 spiro atoms. The van der Waals surface area contributed by atoms with Gasteiger partial charge < -0.3 is 13.9 Å². The van der Waals surface area contributed by atoms with E-state index in [1.807, 2.05) is 16.7 Å². The molecule has 0 N–H and O–H groups in total. The zero-order chi connectivity index (χ0) is 9.26. The maximum atomic E-state index is 5.22. The predicted molar refractivity (Wildman–Crippen MR) is 48.3 cm³/mol. The Morgan fingerprint density at radius 2 is 2.15 bits per heavy atom. The molecule has 2 heterocycles. The van der Waals surface area contributed by atoms with Crippen LogP contribution in [0.5, 0.6) is 11.5 Å². The smallest absolute Gasteiger partial charge is 0.186 e. The lowest BCUT2D eigenvalue weighted by Gasteiger charge is -2.07. The predicted octanol–water partition coefficient (Wildman–Crippen LogP) is 1.35. The lowest BCUT2D eigenvalue weighted by Crippen LogP contribution is -1.93. The van der Waals surface area contributed by atoms with Crippen molar-refractivity contribution < 1.29 is 9.47 Å². The number of hydrogen-bond donors (Lipinski definition) is 0. The molecule has 2 aromatic heterocycles. The molecule has 0 atom stereocenters. The van der Waals surface area contributed by atoms with Crippen LogP contribution in [0.2, 0.25) is 0 Å². The number of pyridine rings is 1. The normalized spacial score (nSPS) is 10.3. The molecule has 0 saturated heterocycles. The van der Waals surface area contributed by atoms with Gasteiger partial charge in [-0.25, -0.2) is 4.98 Å². The third kappa shape index (κ3) is 1.11. The van der Waals surface area contributed by atoms with Crippen LogP contribution in [0.25, 0.3) is 5.52 Å². The Kier molecular flexibility index (Phi) is 1.81. The van der Waals surface area contributed by atoms with Gasteiger partial charge in [0.05, 0.1) is 26.7 Å². The highest BCUT2D eigenvalue weighted by atomic mass is 16.5. The van der Waals surface area contributed by atoms with Crippen LogP contribution in [-0.4, -0.2) is 23.6 Å². The van der Waals surface area contributed by atoms with Gasteiger partial charge in [-0.05, 0) is 0 Å². The zero-order valence-electron chi connectivity index (χ0n) is 7.52. The monoisotopic (exact) mass is 178 g/mol. The van der Waals surface area contributed by atoms with Gasteiger partial charge in [-0.3, -0.25) is 0 Å². The van der Waals surface area contributed by atoms with Crippen LogP contribution in [0, 0.1) is 0 Å². The summed E-state index contributed by atoms with van der Waals surface area (Å²) in [5, 5.41) is 0. The van der Waals surface area contributed by atoms with Crippen molar-refractivity contribution in [3.05, 3.63) is 24.8 Å². The average molecular weight is 178 g/mol. The molecule has 0 aliphatic carbocycles. The van der Waals surface area contributed by atoms with Crippen molar-refractivity contribution >= 4 is 5.52 Å². The summed E-state index contributed by atoms with van der Waals surface area (Å²) in [6, 6.07) is 1.84. The quantitative estimate of drug-likeness (QED) is 0.696. The highest BCUT2D eigenvalue weighted by Gasteiger charge is 2.08. The summed E-state index contributed by atoms with van der Waals surface area (Å²) in [5.74, 6) is 1.43. The molecule has 0 fully saturated rings. The Hall–Kier alpha value is -1.71. The lowest BCUT2D eigenvalue weighted by atomic mass is 10.3. The summed E-state index contributed by atoms with van der Waals surface area (Å²) in [5.41, 5.74) is 0.904. The zero-order valence-corrected chi connectivity index (χ0v) is 7.52. The molecule has 0 aliphatic rings. The van der Waals surface area contributed by atoms with Crippen LogP contribution in [0.15, 0.2) is 24.8 Å². The van der Waals surface area contributed by atoms with E-state index >= 15 is 0 Å². The summed E-state index contributed by atoms with van der Waals surface area (Å²) in [4.78, 5) is 4.01. The largest absolute Gasteiger partial charge is 0.493 e. The molecule has 2 aromatic rings. The number of ether oxygens (including phenoxy) is 2. The number of aromatic nitrogens is 2. The molecule has 0 aliphatic heterocycles. The Balaban J connectivity index is 2.74. The van der Waals surface area contributed by atoms with Gasteiger partial charge in [0.25, 0.3) is 0 Å². The van der Waals surface area contributed by atoms with Gasteiger partial charge in [-0.1, -0.05) is 0 Å². The minimum atomic E-state index is 0.711. The minimum Gasteiger partial charge on any atom is -0.493 e. The number of fused-ring (bicyclic) bond motifs is 1. The van der Waals surface area contributed by atoms with Crippen molar-refractivity contribution in [2.24, 2.45) is 0 Å². The van der Waals surface area contributed by atoms with Gasteiger partial charge >= 0.3 is 0 Å². The SMILES string of the molecule is COc1ccn2cncc2c1OC. The third-order valence-corrected chi connectivity index (χ3v) is 1.93. The van der Waals surface area contributed by atoms with E-state index in [0.717, 1.165) is 11.3 Å². The van der Waals surface area contributed by atoms with Gasteiger partial charge in [0.2, 0.25) is 0 Å². The van der Waals surface area contributed by atoms with E-state index < -0.39 is 0 Å². The van der Waals surface area contributed by atoms with Gasteiger partial charge in [-0.2, -0.15) is 0 Å².